The molecule has 1 spiro atoms. The number of carbonyl (C=O) groups is 3. The summed E-state index contributed by atoms with van der Waals surface area (Å²) in [5.74, 6) is -2.36. The zero-order valence-corrected chi connectivity index (χ0v) is 18.4. The zero-order valence-electron chi connectivity index (χ0n) is 18.4. The minimum Gasteiger partial charge on any atom is -0.372 e. The quantitative estimate of drug-likeness (QED) is 0.462. The van der Waals surface area contributed by atoms with Gasteiger partial charge in [0.2, 0.25) is 29.0 Å². The summed E-state index contributed by atoms with van der Waals surface area (Å²) < 4.78 is 28.4. The molecular formula is C21H17FN8O5. The number of morpholine rings is 1. The van der Waals surface area contributed by atoms with Gasteiger partial charge in [-0.15, -0.1) is 0 Å². The van der Waals surface area contributed by atoms with E-state index >= 15 is 4.39 Å². The molecule has 0 bridgehead atoms. The molecule has 3 aromatic rings. The van der Waals surface area contributed by atoms with E-state index in [1.807, 2.05) is 6.07 Å². The van der Waals surface area contributed by atoms with Crippen molar-refractivity contribution in [1.82, 2.24) is 30.6 Å². The summed E-state index contributed by atoms with van der Waals surface area (Å²) in [5.41, 5.74) is -1.44. The van der Waals surface area contributed by atoms with Gasteiger partial charge in [-0.2, -0.15) is 15.0 Å². The molecule has 35 heavy (non-hydrogen) atoms. The highest BCUT2D eigenvalue weighted by Crippen LogP contribution is 2.49. The highest BCUT2D eigenvalue weighted by atomic mass is 19.1. The lowest BCUT2D eigenvalue weighted by Crippen LogP contribution is -2.75. The van der Waals surface area contributed by atoms with Crippen molar-refractivity contribution in [3.8, 4) is 11.9 Å². The van der Waals surface area contributed by atoms with Crippen molar-refractivity contribution in [3.63, 3.8) is 0 Å². The van der Waals surface area contributed by atoms with Crippen LogP contribution in [0.25, 0.3) is 16.8 Å². The van der Waals surface area contributed by atoms with Gasteiger partial charge in [0.25, 0.3) is 0 Å². The van der Waals surface area contributed by atoms with E-state index in [0.29, 0.717) is 5.56 Å². The average Bonchev–Trinajstić information content (AvgIpc) is 3.43. The van der Waals surface area contributed by atoms with Gasteiger partial charge in [-0.05, 0) is 25.5 Å². The minimum atomic E-state index is -1.76. The number of hydrogen-bond donors (Lipinski definition) is 2. The molecule has 5 heterocycles. The van der Waals surface area contributed by atoms with Crippen LogP contribution in [-0.2, 0) is 20.7 Å². The summed E-state index contributed by atoms with van der Waals surface area (Å²) in [4.78, 5) is 43.8. The number of hydrogen-bond acceptors (Lipinski definition) is 10. The van der Waals surface area contributed by atoms with Gasteiger partial charge in [0.15, 0.2) is 11.2 Å². The van der Waals surface area contributed by atoms with Gasteiger partial charge in [0.05, 0.1) is 29.3 Å². The Kier molecular flexibility index (Phi) is 4.27. The molecule has 0 saturated carbocycles. The van der Waals surface area contributed by atoms with Gasteiger partial charge in [0, 0.05) is 13.0 Å². The largest absolute Gasteiger partial charge is 0.372 e. The maximum atomic E-state index is 16.0. The number of nitriles is 1. The summed E-state index contributed by atoms with van der Waals surface area (Å²) in [6, 6.07) is 1.61. The fourth-order valence-corrected chi connectivity index (χ4v) is 5.56. The average molecular weight is 480 g/mol. The summed E-state index contributed by atoms with van der Waals surface area (Å²) in [6.07, 6.45) is -0.0478. The number of halogens is 1. The number of nitrogens with zero attached hydrogens (tertiary/aromatic N) is 6. The molecule has 3 aliphatic rings. The van der Waals surface area contributed by atoms with Gasteiger partial charge in [-0.25, -0.2) is 14.2 Å². The van der Waals surface area contributed by atoms with Crippen molar-refractivity contribution in [2.45, 2.75) is 38.5 Å². The first-order valence-electron chi connectivity index (χ1n) is 10.8. The Hall–Kier alpha value is -4.38. The third-order valence-electron chi connectivity index (χ3n) is 6.79. The number of ether oxygens (including phenoxy) is 1. The summed E-state index contributed by atoms with van der Waals surface area (Å²) in [5, 5.41) is 21.7. The molecule has 14 heteroatoms. The van der Waals surface area contributed by atoms with E-state index in [0.717, 1.165) is 11.0 Å². The summed E-state index contributed by atoms with van der Waals surface area (Å²) >= 11 is 0. The molecule has 2 N–H and O–H groups in total. The van der Waals surface area contributed by atoms with Gasteiger partial charge in [-0.1, -0.05) is 5.16 Å². The van der Waals surface area contributed by atoms with Gasteiger partial charge >= 0.3 is 6.03 Å². The second-order valence-corrected chi connectivity index (χ2v) is 8.82. The van der Waals surface area contributed by atoms with Crippen molar-refractivity contribution < 1.29 is 28.0 Å². The fourth-order valence-electron chi connectivity index (χ4n) is 5.56. The summed E-state index contributed by atoms with van der Waals surface area (Å²) in [7, 11) is 0. The molecule has 6 rings (SSSR count). The molecular weight excluding hydrogens is 463 g/mol. The smallest absolute Gasteiger partial charge is 0.328 e. The Morgan fingerprint density at radius 2 is 2.00 bits per heavy atom. The van der Waals surface area contributed by atoms with Crippen molar-refractivity contribution in [1.29, 1.82) is 5.26 Å². The number of barbiturate groups is 1. The zero-order chi connectivity index (χ0) is 24.6. The van der Waals surface area contributed by atoms with Crippen LogP contribution in [0.5, 0.6) is 0 Å². The van der Waals surface area contributed by atoms with Gasteiger partial charge < -0.3 is 14.2 Å². The van der Waals surface area contributed by atoms with E-state index < -0.39 is 41.2 Å². The van der Waals surface area contributed by atoms with Crippen LogP contribution >= 0.6 is 0 Å². The molecule has 0 aliphatic carbocycles. The number of carbonyl (C=O) groups excluding carboxylic acids is 3. The first-order chi connectivity index (χ1) is 16.8. The first-order valence-corrected chi connectivity index (χ1v) is 10.8. The third-order valence-corrected chi connectivity index (χ3v) is 6.79. The Labute approximate surface area is 195 Å². The van der Waals surface area contributed by atoms with Gasteiger partial charge in [-0.3, -0.25) is 20.2 Å². The standard InChI is InChI=1S/C21H17FN8O5/c1-8-6-29-14-10(4-21(16(29)9(2)34-8)18(31)26-20(33)27-19(21)32)3-11-15(13(14)22)35-28-17(11)30-12(5-23)24-7-25-30/h3,7-9,16H,4,6H2,1-2H3,(H2,26,27,31,32,33)/t8-,9+,16-/m1/s1. The highest BCUT2D eigenvalue weighted by molar-refractivity contribution is 6.20. The van der Waals surface area contributed by atoms with Crippen molar-refractivity contribution >= 4 is 34.5 Å². The first kappa shape index (κ1) is 21.2. The van der Waals surface area contributed by atoms with Crippen molar-refractivity contribution in [2.75, 3.05) is 11.4 Å². The summed E-state index contributed by atoms with van der Waals surface area (Å²) in [6.45, 7) is 3.69. The molecule has 2 saturated heterocycles. The topological polar surface area (TPSA) is 168 Å². The van der Waals surface area contributed by atoms with E-state index in [1.54, 1.807) is 24.8 Å². The number of urea groups is 1. The van der Waals surface area contributed by atoms with E-state index in [2.05, 4.69) is 25.9 Å². The Balaban J connectivity index is 1.61. The molecule has 0 unspecified atom stereocenters. The Bertz CT molecular complexity index is 1470. The van der Waals surface area contributed by atoms with Crippen molar-refractivity contribution in [3.05, 3.63) is 29.6 Å². The van der Waals surface area contributed by atoms with Crippen LogP contribution in [0.4, 0.5) is 14.9 Å². The van der Waals surface area contributed by atoms with Crippen LogP contribution in [0.2, 0.25) is 0 Å². The molecule has 2 aromatic heterocycles. The lowest BCUT2D eigenvalue weighted by Gasteiger charge is -2.55. The molecule has 2 fully saturated rings. The lowest BCUT2D eigenvalue weighted by molar-refractivity contribution is -0.153. The maximum Gasteiger partial charge on any atom is 0.328 e. The van der Waals surface area contributed by atoms with E-state index in [4.69, 9.17) is 9.26 Å². The number of fused-ring (bicyclic) bond motifs is 5. The normalized spacial score (nSPS) is 25.1. The molecule has 13 nitrogen and oxygen atoms in total. The third kappa shape index (κ3) is 2.69. The van der Waals surface area contributed by atoms with E-state index in [1.165, 1.54) is 0 Å². The highest BCUT2D eigenvalue weighted by Gasteiger charge is 2.63. The van der Waals surface area contributed by atoms with Crippen LogP contribution in [0.3, 0.4) is 0 Å². The molecule has 3 aliphatic heterocycles. The molecule has 0 radical (unpaired) electrons. The Morgan fingerprint density at radius 3 is 2.71 bits per heavy atom. The minimum absolute atomic E-state index is 0.0309. The lowest BCUT2D eigenvalue weighted by atomic mass is 9.66. The molecule has 1 aromatic carbocycles. The van der Waals surface area contributed by atoms with Crippen molar-refractivity contribution in [2.24, 2.45) is 5.41 Å². The molecule has 4 amide bonds. The molecule has 178 valence electrons. The number of aromatic nitrogens is 4. The van der Waals surface area contributed by atoms with Crippen LogP contribution < -0.4 is 15.5 Å². The fraction of sp³-hybridized carbons (Fsp3) is 0.381. The second kappa shape index (κ2) is 7.06. The number of nitrogens with one attached hydrogen (secondary N) is 2. The predicted octanol–water partition coefficient (Wildman–Crippen LogP) is 0.310. The number of anilines is 1. The second-order valence-electron chi connectivity index (χ2n) is 8.82. The predicted molar refractivity (Wildman–Crippen MR) is 113 cm³/mol. The Morgan fingerprint density at radius 1 is 1.26 bits per heavy atom. The van der Waals surface area contributed by atoms with Crippen LogP contribution in [0.15, 0.2) is 16.9 Å². The number of imide groups is 2. The van der Waals surface area contributed by atoms with E-state index in [9.17, 15) is 19.6 Å². The van der Waals surface area contributed by atoms with Crippen LogP contribution in [0.1, 0.15) is 25.2 Å². The van der Waals surface area contributed by atoms with Crippen LogP contribution in [-0.4, -0.2) is 62.6 Å². The van der Waals surface area contributed by atoms with Crippen LogP contribution in [0, 0.1) is 22.6 Å². The maximum absolute atomic E-state index is 16.0. The SMILES string of the molecule is C[C@@H]1CN2c3c(cc4c(-n5ncnc5C#N)noc4c3F)CC3(C(=O)NC(=O)NC3=O)[C@H]2[C@H](C)O1. The molecule has 3 atom stereocenters. The monoisotopic (exact) mass is 480 g/mol. The number of benzene rings is 1. The number of amides is 4. The number of rotatable bonds is 1. The van der Waals surface area contributed by atoms with E-state index in [-0.39, 0.29) is 47.4 Å². The van der Waals surface area contributed by atoms with Gasteiger partial charge in [0.1, 0.15) is 12.4 Å².